The molecule has 1 heterocycles. The van der Waals surface area contributed by atoms with E-state index in [2.05, 4.69) is 55.1 Å². The fourth-order valence-corrected chi connectivity index (χ4v) is 8.21. The number of unbranched alkanes of at least 4 members (excludes halogenated alkanes) is 28. The molecule has 0 saturated carbocycles. The summed E-state index contributed by atoms with van der Waals surface area (Å²) < 4.78 is 12.0. The highest BCUT2D eigenvalue weighted by atomic mass is 16.6. The highest BCUT2D eigenvalue weighted by Gasteiger charge is 2.36. The van der Waals surface area contributed by atoms with Gasteiger partial charge in [-0.3, -0.25) is 0 Å². The highest BCUT2D eigenvalue weighted by Crippen LogP contribution is 2.28. The summed E-state index contributed by atoms with van der Waals surface area (Å²) in [6.07, 6.45) is 39.6. The van der Waals surface area contributed by atoms with E-state index < -0.39 is 11.8 Å². The second-order valence-electron chi connectivity index (χ2n) is 17.3. The van der Waals surface area contributed by atoms with Gasteiger partial charge in [-0.15, -0.1) is 0 Å². The third kappa shape index (κ3) is 21.2. The number of anilines is 1. The van der Waals surface area contributed by atoms with Gasteiger partial charge in [-0.05, 0) is 36.1 Å². The predicted octanol–water partition coefficient (Wildman–Crippen LogP) is 13.5. The number of hydrogen-bond acceptors (Lipinski definition) is 6. The number of hydrogen-bond donors (Lipinski definition) is 3. The molecule has 2 aromatic rings. The first-order valence-corrected chi connectivity index (χ1v) is 24.3. The third-order valence-electron chi connectivity index (χ3n) is 11.9. The molecule has 328 valence electrons. The minimum Gasteiger partial charge on any atom is -0.475 e. The molecule has 58 heavy (non-hydrogen) atoms. The predicted molar refractivity (Wildman–Crippen MR) is 249 cm³/mol. The summed E-state index contributed by atoms with van der Waals surface area (Å²) in [6, 6.07) is 10.2. The van der Waals surface area contributed by atoms with Crippen molar-refractivity contribution in [2.24, 2.45) is 4.99 Å². The van der Waals surface area contributed by atoms with Gasteiger partial charge in [0.25, 0.3) is 0 Å². The van der Waals surface area contributed by atoms with Crippen molar-refractivity contribution < 1.29 is 14.3 Å². The van der Waals surface area contributed by atoms with Crippen molar-refractivity contribution in [2.75, 3.05) is 31.6 Å². The van der Waals surface area contributed by atoms with E-state index in [-0.39, 0.29) is 13.2 Å². The monoisotopic (exact) mass is 803 g/mol. The van der Waals surface area contributed by atoms with Crippen LogP contribution in [0, 0.1) is 0 Å². The maximum atomic E-state index is 12.9. The average molecular weight is 803 g/mol. The lowest BCUT2D eigenvalue weighted by molar-refractivity contribution is 0.0783. The summed E-state index contributed by atoms with van der Waals surface area (Å²) in [5.41, 5.74) is -0.102. The van der Waals surface area contributed by atoms with Gasteiger partial charge < -0.3 is 25.4 Å². The van der Waals surface area contributed by atoms with Gasteiger partial charge >= 0.3 is 6.09 Å². The molecular formula is C51H86N4O3. The quantitative estimate of drug-likeness (QED) is 0.0465. The van der Waals surface area contributed by atoms with Crippen LogP contribution in [-0.2, 0) is 9.47 Å². The zero-order valence-electron chi connectivity index (χ0n) is 37.5. The summed E-state index contributed by atoms with van der Waals surface area (Å²) in [5, 5.41) is 13.6. The SMILES string of the molecule is C=C(NCCCCCCCCCCCCCCCCC)OCC1(COC(=O)NCCCCCCCCCCCCCCCCC)N=c2c(=C)ccc3cccc(c23)N1. The van der Waals surface area contributed by atoms with Crippen LogP contribution in [0.2, 0.25) is 0 Å². The van der Waals surface area contributed by atoms with E-state index in [0.717, 1.165) is 52.8 Å². The Morgan fingerprint density at radius 1 is 0.586 bits per heavy atom. The van der Waals surface area contributed by atoms with Crippen molar-refractivity contribution in [1.29, 1.82) is 0 Å². The van der Waals surface area contributed by atoms with Gasteiger partial charge in [0.2, 0.25) is 0 Å². The molecular weight excluding hydrogens is 717 g/mol. The molecule has 3 rings (SSSR count). The van der Waals surface area contributed by atoms with Gasteiger partial charge in [0.15, 0.2) is 11.5 Å². The molecule has 0 saturated heterocycles. The number of amides is 1. The minimum absolute atomic E-state index is 0.00811. The Hall–Kier alpha value is -3.22. The number of nitrogens with one attached hydrogen (secondary N) is 3. The van der Waals surface area contributed by atoms with Crippen LogP contribution in [-0.4, -0.2) is 38.1 Å². The van der Waals surface area contributed by atoms with E-state index in [4.69, 9.17) is 14.5 Å². The maximum absolute atomic E-state index is 12.9. The third-order valence-corrected chi connectivity index (χ3v) is 11.9. The van der Waals surface area contributed by atoms with Crippen LogP contribution in [0.5, 0.6) is 0 Å². The zero-order valence-corrected chi connectivity index (χ0v) is 37.5. The molecule has 7 heteroatoms. The molecule has 1 aliphatic heterocycles. The Bertz CT molecular complexity index is 1440. The summed E-state index contributed by atoms with van der Waals surface area (Å²) in [4.78, 5) is 18.0. The number of carbonyl (C=O) groups excluding carboxylic acids is 1. The standard InChI is InChI=1S/C51H86N4O3/c1-5-7-9-11-13-15-17-19-21-23-25-27-29-31-33-40-52-45(4)57-42-51(54-47-37-35-36-46-39-38-44(3)49(55-51)48(46)47)43-58-50(56)53-41-34-32-30-28-26-24-22-20-18-16-14-12-10-8-6-2/h35-39,52,54H,3-34,40-43H2,1-2H3,(H,53,56). The number of rotatable bonds is 38. The van der Waals surface area contributed by atoms with E-state index in [1.807, 2.05) is 18.2 Å². The number of carbonyl (C=O) groups is 1. The van der Waals surface area contributed by atoms with E-state index in [1.54, 1.807) is 0 Å². The first kappa shape index (κ1) is 49.1. The van der Waals surface area contributed by atoms with Crippen LogP contribution in [0.1, 0.15) is 206 Å². The number of nitrogens with zero attached hydrogens (tertiary/aromatic N) is 1. The smallest absolute Gasteiger partial charge is 0.407 e. The zero-order chi connectivity index (χ0) is 41.4. The molecule has 1 atom stereocenters. The number of alkyl carbamates (subject to hydrolysis) is 1. The molecule has 1 amide bonds. The van der Waals surface area contributed by atoms with Crippen LogP contribution in [0.25, 0.3) is 17.4 Å². The van der Waals surface area contributed by atoms with E-state index in [1.165, 1.54) is 173 Å². The second kappa shape index (κ2) is 31.7. The van der Waals surface area contributed by atoms with Gasteiger partial charge in [-0.1, -0.05) is 224 Å². The maximum Gasteiger partial charge on any atom is 0.407 e. The van der Waals surface area contributed by atoms with Gasteiger partial charge in [0.1, 0.15) is 13.2 Å². The summed E-state index contributed by atoms with van der Waals surface area (Å²) in [5.74, 6) is 0.506. The van der Waals surface area contributed by atoms with Crippen molar-refractivity contribution in [3.63, 3.8) is 0 Å². The fraction of sp³-hybridized carbons (Fsp3) is 0.725. The van der Waals surface area contributed by atoms with Crippen molar-refractivity contribution in [1.82, 2.24) is 10.6 Å². The first-order valence-electron chi connectivity index (χ1n) is 24.3. The number of benzene rings is 2. The van der Waals surface area contributed by atoms with Crippen LogP contribution < -0.4 is 26.5 Å². The second-order valence-corrected chi connectivity index (χ2v) is 17.3. The Kier molecular flexibility index (Phi) is 26.8. The molecule has 0 bridgehead atoms. The Morgan fingerprint density at radius 2 is 1.02 bits per heavy atom. The molecule has 0 aromatic heterocycles. The van der Waals surface area contributed by atoms with Crippen molar-refractivity contribution in [2.45, 2.75) is 212 Å². The molecule has 0 fully saturated rings. The fourth-order valence-electron chi connectivity index (χ4n) is 8.21. The van der Waals surface area contributed by atoms with E-state index >= 15 is 0 Å². The minimum atomic E-state index is -1.03. The molecule has 1 aliphatic rings. The Labute approximate surface area is 355 Å². The van der Waals surface area contributed by atoms with Crippen LogP contribution in [0.15, 0.2) is 47.8 Å². The molecule has 1 unspecified atom stereocenters. The van der Waals surface area contributed by atoms with Gasteiger partial charge in [-0.25, -0.2) is 9.79 Å². The molecule has 0 radical (unpaired) electrons. The van der Waals surface area contributed by atoms with Crippen LogP contribution >= 0.6 is 0 Å². The van der Waals surface area contributed by atoms with Crippen molar-refractivity contribution in [3.05, 3.63) is 53.4 Å². The number of ether oxygens (including phenoxy) is 2. The molecule has 2 aromatic carbocycles. The van der Waals surface area contributed by atoms with Gasteiger partial charge in [0, 0.05) is 24.2 Å². The van der Waals surface area contributed by atoms with Crippen molar-refractivity contribution in [3.8, 4) is 0 Å². The summed E-state index contributed by atoms with van der Waals surface area (Å²) in [7, 11) is 0. The normalized spacial score (nSPS) is 14.5. The first-order chi connectivity index (χ1) is 28.5. The average Bonchev–Trinajstić information content (AvgIpc) is 3.23. The van der Waals surface area contributed by atoms with E-state index in [0.29, 0.717) is 12.4 Å². The lowest BCUT2D eigenvalue weighted by Crippen LogP contribution is -2.52. The van der Waals surface area contributed by atoms with Gasteiger partial charge in [-0.2, -0.15) is 0 Å². The molecule has 0 aliphatic carbocycles. The highest BCUT2D eigenvalue weighted by molar-refractivity contribution is 5.94. The molecule has 3 N–H and O–H groups in total. The molecule has 0 spiro atoms. The lowest BCUT2D eigenvalue weighted by atomic mass is 10.0. The van der Waals surface area contributed by atoms with E-state index in [9.17, 15) is 4.79 Å². The van der Waals surface area contributed by atoms with Crippen LogP contribution in [0.3, 0.4) is 0 Å². The topological polar surface area (TPSA) is 84.0 Å². The summed E-state index contributed by atoms with van der Waals surface area (Å²) in [6.45, 7) is 14.6. The van der Waals surface area contributed by atoms with Crippen LogP contribution in [0.4, 0.5) is 10.5 Å². The summed E-state index contributed by atoms with van der Waals surface area (Å²) >= 11 is 0. The Morgan fingerprint density at radius 3 is 1.50 bits per heavy atom. The largest absolute Gasteiger partial charge is 0.475 e. The molecule has 7 nitrogen and oxygen atoms in total. The lowest BCUT2D eigenvalue weighted by Gasteiger charge is -2.34. The Balaban J connectivity index is 1.31. The van der Waals surface area contributed by atoms with Crippen molar-refractivity contribution >= 4 is 29.1 Å². The van der Waals surface area contributed by atoms with Gasteiger partial charge in [0.05, 0.1) is 5.36 Å².